The van der Waals surface area contributed by atoms with Gasteiger partial charge in [0.25, 0.3) is 0 Å². The molecule has 0 saturated carbocycles. The van der Waals surface area contributed by atoms with Crippen molar-refractivity contribution in [1.82, 2.24) is 15.0 Å². The van der Waals surface area contributed by atoms with Crippen molar-refractivity contribution >= 4 is 15.9 Å². The topological polar surface area (TPSA) is 49.2 Å². The molecule has 0 amide bonds. The number of hydrogen-bond acceptors (Lipinski definition) is 4. The Hall–Kier alpha value is -1.56. The van der Waals surface area contributed by atoms with E-state index < -0.39 is 0 Å². The molecule has 2 aromatic rings. The van der Waals surface area contributed by atoms with Crippen molar-refractivity contribution in [2.24, 2.45) is 0 Å². The molecule has 0 bridgehead atoms. The summed E-state index contributed by atoms with van der Waals surface area (Å²) in [6.07, 6.45) is 2.83. The van der Waals surface area contributed by atoms with Crippen LogP contribution in [0.4, 0.5) is 0 Å². The van der Waals surface area contributed by atoms with E-state index in [0.29, 0.717) is 19.8 Å². The Morgan fingerprint density at radius 2 is 1.95 bits per heavy atom. The number of aryl methyl sites for hydroxylation is 1. The number of aromatic nitrogens is 3. The van der Waals surface area contributed by atoms with E-state index in [9.17, 15) is 0 Å². The van der Waals surface area contributed by atoms with Crippen molar-refractivity contribution in [3.8, 4) is 11.5 Å². The van der Waals surface area contributed by atoms with Gasteiger partial charge in [0.2, 0.25) is 0 Å². The predicted molar refractivity (Wildman–Crippen MR) is 80.6 cm³/mol. The van der Waals surface area contributed by atoms with Gasteiger partial charge in [0.1, 0.15) is 6.61 Å². The lowest BCUT2D eigenvalue weighted by Crippen LogP contribution is -2.09. The summed E-state index contributed by atoms with van der Waals surface area (Å²) in [5.41, 5.74) is 0.983. The lowest BCUT2D eigenvalue weighted by molar-refractivity contribution is 0.261. The van der Waals surface area contributed by atoms with E-state index in [0.717, 1.165) is 28.9 Å². The Labute approximate surface area is 127 Å². The van der Waals surface area contributed by atoms with E-state index in [1.165, 1.54) is 0 Å². The summed E-state index contributed by atoms with van der Waals surface area (Å²) in [6, 6.07) is 7.67. The molecule has 0 aliphatic carbocycles. The molecule has 0 radical (unpaired) electrons. The minimum absolute atomic E-state index is 0.529. The number of nitrogens with zero attached hydrogens (tertiary/aromatic N) is 3. The Balaban J connectivity index is 1.85. The fourth-order valence-corrected chi connectivity index (χ4v) is 2.16. The Bertz CT molecular complexity index is 531. The summed E-state index contributed by atoms with van der Waals surface area (Å²) >= 11 is 3.39. The Kier molecular flexibility index (Phi) is 5.86. The predicted octanol–water partition coefficient (Wildman–Crippen LogP) is 2.69. The van der Waals surface area contributed by atoms with Crippen molar-refractivity contribution in [1.29, 1.82) is 0 Å². The summed E-state index contributed by atoms with van der Waals surface area (Å²) < 4.78 is 13.0. The monoisotopic (exact) mass is 339 g/mol. The van der Waals surface area contributed by atoms with E-state index in [2.05, 4.69) is 26.2 Å². The fraction of sp³-hybridized carbons (Fsp3) is 0.429. The smallest absolute Gasteiger partial charge is 0.161 e. The molecule has 2 rings (SSSR count). The van der Waals surface area contributed by atoms with Gasteiger partial charge in [-0.1, -0.05) is 33.3 Å². The molecule has 108 valence electrons. The Morgan fingerprint density at radius 1 is 1.20 bits per heavy atom. The lowest BCUT2D eigenvalue weighted by Gasteiger charge is -2.11. The van der Waals surface area contributed by atoms with Crippen LogP contribution in [-0.2, 0) is 13.0 Å². The molecule has 0 spiro atoms. The number of benzene rings is 1. The van der Waals surface area contributed by atoms with Crippen molar-refractivity contribution in [2.75, 3.05) is 18.5 Å². The second-order valence-electron chi connectivity index (χ2n) is 4.14. The van der Waals surface area contributed by atoms with E-state index in [1.807, 2.05) is 37.4 Å². The highest BCUT2D eigenvalue weighted by atomic mass is 79.9. The average Bonchev–Trinajstić information content (AvgIpc) is 2.89. The number of para-hydroxylation sites is 2. The van der Waals surface area contributed by atoms with Gasteiger partial charge in [0, 0.05) is 17.9 Å². The zero-order chi connectivity index (χ0) is 14.2. The third-order valence-corrected chi connectivity index (χ3v) is 3.06. The second-order valence-corrected chi connectivity index (χ2v) is 4.93. The first kappa shape index (κ1) is 14.8. The first-order chi connectivity index (χ1) is 9.83. The van der Waals surface area contributed by atoms with Crippen LogP contribution in [0.3, 0.4) is 0 Å². The van der Waals surface area contributed by atoms with Gasteiger partial charge in [-0.3, -0.25) is 0 Å². The van der Waals surface area contributed by atoms with Crippen LogP contribution < -0.4 is 9.47 Å². The van der Waals surface area contributed by atoms with Gasteiger partial charge in [-0.25, -0.2) is 4.68 Å². The number of alkyl halides is 1. The molecule has 0 atom stereocenters. The van der Waals surface area contributed by atoms with E-state index in [4.69, 9.17) is 9.47 Å². The molecule has 20 heavy (non-hydrogen) atoms. The molecular formula is C14H18BrN3O2. The molecule has 5 nitrogen and oxygen atoms in total. The van der Waals surface area contributed by atoms with Gasteiger partial charge in [-0.05, 0) is 19.1 Å². The summed E-state index contributed by atoms with van der Waals surface area (Å²) in [5.74, 6) is 1.53. The highest BCUT2D eigenvalue weighted by Gasteiger charge is 2.04. The standard InChI is InChI=1S/C14H18BrN3O2/c1-2-19-13-5-3-4-6-14(13)20-10-9-18-11-12(7-8-15)16-17-18/h3-6,11H,2,7-10H2,1H3. The molecule has 0 fully saturated rings. The molecule has 0 saturated heterocycles. The summed E-state index contributed by atoms with van der Waals surface area (Å²) in [7, 11) is 0. The van der Waals surface area contributed by atoms with Crippen LogP contribution in [0.5, 0.6) is 11.5 Å². The quantitative estimate of drug-likeness (QED) is 0.694. The molecule has 6 heteroatoms. The second kappa shape index (κ2) is 7.89. The van der Waals surface area contributed by atoms with E-state index >= 15 is 0 Å². The van der Waals surface area contributed by atoms with Crippen LogP contribution in [0, 0.1) is 0 Å². The maximum absolute atomic E-state index is 5.74. The molecule has 0 unspecified atom stereocenters. The largest absolute Gasteiger partial charge is 0.490 e. The third-order valence-electron chi connectivity index (χ3n) is 2.66. The SMILES string of the molecule is CCOc1ccccc1OCCn1cc(CCBr)nn1. The molecule has 0 aliphatic heterocycles. The number of halogens is 1. The van der Waals surface area contributed by atoms with Gasteiger partial charge >= 0.3 is 0 Å². The highest BCUT2D eigenvalue weighted by Crippen LogP contribution is 2.26. The third kappa shape index (κ3) is 4.23. The lowest BCUT2D eigenvalue weighted by atomic mass is 10.3. The van der Waals surface area contributed by atoms with Crippen molar-refractivity contribution in [2.45, 2.75) is 19.9 Å². The van der Waals surface area contributed by atoms with E-state index in [1.54, 1.807) is 4.68 Å². The van der Waals surface area contributed by atoms with Crippen LogP contribution in [0.1, 0.15) is 12.6 Å². The highest BCUT2D eigenvalue weighted by molar-refractivity contribution is 9.09. The Morgan fingerprint density at radius 3 is 2.65 bits per heavy atom. The minimum atomic E-state index is 0.529. The van der Waals surface area contributed by atoms with Gasteiger partial charge in [0.05, 0.1) is 18.8 Å². The van der Waals surface area contributed by atoms with Gasteiger partial charge in [-0.2, -0.15) is 0 Å². The molecule has 1 aromatic heterocycles. The average molecular weight is 340 g/mol. The molecule has 0 N–H and O–H groups in total. The normalized spacial score (nSPS) is 10.5. The maximum atomic E-state index is 5.74. The zero-order valence-electron chi connectivity index (χ0n) is 11.5. The summed E-state index contributed by atoms with van der Waals surface area (Å²) in [4.78, 5) is 0. The first-order valence-electron chi connectivity index (χ1n) is 6.63. The van der Waals surface area contributed by atoms with Crippen molar-refractivity contribution in [3.05, 3.63) is 36.2 Å². The van der Waals surface area contributed by atoms with Crippen LogP contribution in [0.15, 0.2) is 30.5 Å². The van der Waals surface area contributed by atoms with Gasteiger partial charge < -0.3 is 9.47 Å². The molecular weight excluding hydrogens is 322 g/mol. The molecule has 0 aliphatic rings. The number of hydrogen-bond donors (Lipinski definition) is 0. The van der Waals surface area contributed by atoms with Gasteiger partial charge in [-0.15, -0.1) is 5.10 Å². The summed E-state index contributed by atoms with van der Waals surface area (Å²) in [5, 5.41) is 9.03. The van der Waals surface area contributed by atoms with Crippen LogP contribution in [-0.4, -0.2) is 33.5 Å². The number of rotatable bonds is 8. The van der Waals surface area contributed by atoms with E-state index in [-0.39, 0.29) is 0 Å². The number of ether oxygens (including phenoxy) is 2. The van der Waals surface area contributed by atoms with Crippen molar-refractivity contribution in [3.63, 3.8) is 0 Å². The first-order valence-corrected chi connectivity index (χ1v) is 7.75. The van der Waals surface area contributed by atoms with Crippen molar-refractivity contribution < 1.29 is 9.47 Å². The zero-order valence-corrected chi connectivity index (χ0v) is 13.0. The van der Waals surface area contributed by atoms with Crippen LogP contribution in [0.2, 0.25) is 0 Å². The maximum Gasteiger partial charge on any atom is 0.161 e. The molecule has 1 aromatic carbocycles. The summed E-state index contributed by atoms with van der Waals surface area (Å²) in [6.45, 7) is 3.77. The molecule has 1 heterocycles. The minimum Gasteiger partial charge on any atom is -0.490 e. The van der Waals surface area contributed by atoms with Gasteiger partial charge in [0.15, 0.2) is 11.5 Å². The van der Waals surface area contributed by atoms with Crippen LogP contribution in [0.25, 0.3) is 0 Å². The fourth-order valence-electron chi connectivity index (χ4n) is 1.75. The van der Waals surface area contributed by atoms with Crippen LogP contribution >= 0.6 is 15.9 Å².